The molecule has 2 atom stereocenters. The van der Waals surface area contributed by atoms with Crippen LogP contribution in [-0.2, 0) is 17.1 Å². The summed E-state index contributed by atoms with van der Waals surface area (Å²) in [5.41, 5.74) is 0.373. The number of nitrogens with zero attached hydrogens (tertiary/aromatic N) is 3. The van der Waals surface area contributed by atoms with E-state index in [0.717, 1.165) is 6.42 Å². The van der Waals surface area contributed by atoms with E-state index in [-0.39, 0.29) is 10.8 Å². The van der Waals surface area contributed by atoms with Crippen molar-refractivity contribution in [3.8, 4) is 0 Å². The molecule has 0 N–H and O–H groups in total. The van der Waals surface area contributed by atoms with Crippen LogP contribution in [0.3, 0.4) is 0 Å². The van der Waals surface area contributed by atoms with E-state index in [4.69, 9.17) is 0 Å². The first-order valence-corrected chi connectivity index (χ1v) is 10.9. The molecule has 0 radical (unpaired) electrons. The highest BCUT2D eigenvalue weighted by atomic mass is 32.2. The number of carbonyl (C=O) groups excluding carboxylic acids is 1. The van der Waals surface area contributed by atoms with Crippen molar-refractivity contribution in [1.29, 1.82) is 0 Å². The first-order valence-electron chi connectivity index (χ1n) is 8.57. The predicted molar refractivity (Wildman–Crippen MR) is 101 cm³/mol. The maximum absolute atomic E-state index is 12.9. The Kier molecular flexibility index (Phi) is 5.45. The Labute approximate surface area is 157 Å². The first kappa shape index (κ1) is 19.0. The summed E-state index contributed by atoms with van der Waals surface area (Å²) in [5.74, 6) is 0.312. The van der Waals surface area contributed by atoms with E-state index in [2.05, 4.69) is 18.8 Å². The summed E-state index contributed by atoms with van der Waals surface area (Å²) >= 11 is 1.37. The normalized spacial score (nSPS) is 22.5. The number of aromatic nitrogens is 1. The number of sulfonamides is 1. The topological polar surface area (TPSA) is 71.7 Å². The van der Waals surface area contributed by atoms with E-state index >= 15 is 0 Å². The smallest absolute Gasteiger partial charge is 0.279 e. The highest BCUT2D eigenvalue weighted by Gasteiger charge is 2.31. The molecule has 3 rings (SSSR count). The Morgan fingerprint density at radius 3 is 2.31 bits per heavy atom. The van der Waals surface area contributed by atoms with Gasteiger partial charge in [0.15, 0.2) is 4.80 Å². The van der Waals surface area contributed by atoms with Crippen LogP contribution in [0.4, 0.5) is 0 Å². The van der Waals surface area contributed by atoms with Crippen molar-refractivity contribution in [3.63, 3.8) is 0 Å². The second-order valence-corrected chi connectivity index (χ2v) is 9.82. The van der Waals surface area contributed by atoms with Crippen molar-refractivity contribution >= 4 is 27.3 Å². The summed E-state index contributed by atoms with van der Waals surface area (Å²) in [6, 6.07) is 6.05. The zero-order valence-electron chi connectivity index (χ0n) is 15.1. The molecule has 1 aromatic carbocycles. The van der Waals surface area contributed by atoms with E-state index in [1.165, 1.54) is 35.6 Å². The van der Waals surface area contributed by atoms with Gasteiger partial charge in [0, 0.05) is 37.3 Å². The second kappa shape index (κ2) is 7.46. The molecule has 1 aliphatic heterocycles. The lowest BCUT2D eigenvalue weighted by atomic mass is 9.94. The molecule has 1 amide bonds. The summed E-state index contributed by atoms with van der Waals surface area (Å²) in [6.45, 7) is 5.23. The number of rotatable bonds is 3. The molecule has 2 unspecified atom stereocenters. The van der Waals surface area contributed by atoms with Gasteiger partial charge in [-0.3, -0.25) is 4.79 Å². The van der Waals surface area contributed by atoms with Crippen molar-refractivity contribution in [2.24, 2.45) is 23.9 Å². The van der Waals surface area contributed by atoms with Crippen molar-refractivity contribution in [3.05, 3.63) is 46.2 Å². The molecule has 1 aromatic heterocycles. The van der Waals surface area contributed by atoms with Crippen LogP contribution in [0.5, 0.6) is 0 Å². The minimum Gasteiger partial charge on any atom is -0.327 e. The van der Waals surface area contributed by atoms with Crippen LogP contribution in [0.25, 0.3) is 0 Å². The minimum atomic E-state index is -3.54. The molecule has 140 valence electrons. The van der Waals surface area contributed by atoms with Crippen molar-refractivity contribution in [1.82, 2.24) is 8.87 Å². The van der Waals surface area contributed by atoms with Gasteiger partial charge in [0.25, 0.3) is 5.91 Å². The average Bonchev–Trinajstić information content (AvgIpc) is 2.99. The maximum Gasteiger partial charge on any atom is 0.279 e. The number of piperidine rings is 1. The Bertz CT molecular complexity index is 948. The van der Waals surface area contributed by atoms with E-state index in [9.17, 15) is 13.2 Å². The fourth-order valence-electron chi connectivity index (χ4n) is 3.31. The van der Waals surface area contributed by atoms with Crippen molar-refractivity contribution < 1.29 is 13.2 Å². The van der Waals surface area contributed by atoms with Crippen LogP contribution < -0.4 is 4.80 Å². The van der Waals surface area contributed by atoms with Crippen LogP contribution in [0.2, 0.25) is 0 Å². The molecule has 0 spiro atoms. The van der Waals surface area contributed by atoms with Crippen LogP contribution in [0.15, 0.2) is 45.7 Å². The number of benzene rings is 1. The number of carbonyl (C=O) groups is 1. The Morgan fingerprint density at radius 2 is 1.77 bits per heavy atom. The summed E-state index contributed by atoms with van der Waals surface area (Å²) < 4.78 is 29.1. The first-order chi connectivity index (χ1) is 12.3. The van der Waals surface area contributed by atoms with Gasteiger partial charge in [0.05, 0.1) is 4.90 Å². The lowest BCUT2D eigenvalue weighted by Crippen LogP contribution is -2.42. The van der Waals surface area contributed by atoms with Crippen LogP contribution in [0.1, 0.15) is 30.6 Å². The summed E-state index contributed by atoms with van der Waals surface area (Å²) in [7, 11) is -1.72. The number of hydrogen-bond acceptors (Lipinski definition) is 4. The molecular formula is C18H23N3O3S2. The largest absolute Gasteiger partial charge is 0.327 e. The van der Waals surface area contributed by atoms with Crippen molar-refractivity contribution in [2.45, 2.75) is 25.2 Å². The lowest BCUT2D eigenvalue weighted by Gasteiger charge is -2.34. The third-order valence-corrected chi connectivity index (χ3v) is 7.22. The van der Waals surface area contributed by atoms with Gasteiger partial charge in [-0.15, -0.1) is 11.3 Å². The van der Waals surface area contributed by atoms with Gasteiger partial charge in [-0.25, -0.2) is 8.42 Å². The van der Waals surface area contributed by atoms with Gasteiger partial charge in [-0.05, 0) is 42.5 Å². The van der Waals surface area contributed by atoms with Gasteiger partial charge in [0.1, 0.15) is 0 Å². The van der Waals surface area contributed by atoms with E-state index in [0.29, 0.717) is 35.3 Å². The lowest BCUT2D eigenvalue weighted by molar-refractivity contribution is 0.0997. The quantitative estimate of drug-likeness (QED) is 0.804. The monoisotopic (exact) mass is 393 g/mol. The SMILES string of the molecule is CC1CC(C)CN(S(=O)(=O)c2ccc(C(=O)N=c3sccn3C)cc2)C1. The molecule has 0 aliphatic carbocycles. The molecule has 26 heavy (non-hydrogen) atoms. The van der Waals surface area contributed by atoms with Gasteiger partial charge in [-0.1, -0.05) is 13.8 Å². The minimum absolute atomic E-state index is 0.219. The molecule has 1 fully saturated rings. The van der Waals surface area contributed by atoms with Crippen LogP contribution >= 0.6 is 11.3 Å². The molecular weight excluding hydrogens is 370 g/mol. The molecule has 1 saturated heterocycles. The number of aryl methyl sites for hydroxylation is 1. The predicted octanol–water partition coefficient (Wildman–Crippen LogP) is 2.49. The van der Waals surface area contributed by atoms with Crippen LogP contribution in [0, 0.1) is 11.8 Å². The number of thiazole rings is 1. The van der Waals surface area contributed by atoms with Gasteiger partial charge >= 0.3 is 0 Å². The van der Waals surface area contributed by atoms with E-state index < -0.39 is 10.0 Å². The van der Waals surface area contributed by atoms with Gasteiger partial charge < -0.3 is 4.57 Å². The van der Waals surface area contributed by atoms with E-state index in [1.54, 1.807) is 8.87 Å². The fourth-order valence-corrected chi connectivity index (χ4v) is 5.71. The Morgan fingerprint density at radius 1 is 1.15 bits per heavy atom. The Balaban J connectivity index is 1.83. The van der Waals surface area contributed by atoms with Gasteiger partial charge in [-0.2, -0.15) is 9.30 Å². The van der Waals surface area contributed by atoms with Crippen LogP contribution in [-0.4, -0.2) is 36.3 Å². The zero-order valence-corrected chi connectivity index (χ0v) is 16.8. The second-order valence-electron chi connectivity index (χ2n) is 7.01. The maximum atomic E-state index is 12.9. The highest BCUT2D eigenvalue weighted by molar-refractivity contribution is 7.89. The van der Waals surface area contributed by atoms with E-state index in [1.807, 2.05) is 18.6 Å². The molecule has 8 heteroatoms. The number of hydrogen-bond donors (Lipinski definition) is 0. The molecule has 2 heterocycles. The molecule has 6 nitrogen and oxygen atoms in total. The number of amides is 1. The standard InChI is InChI=1S/C18H23N3O3S2/c1-13-10-14(2)12-21(11-13)26(23,24)16-6-4-15(5-7-16)17(22)19-18-20(3)8-9-25-18/h4-9,13-14H,10-12H2,1-3H3. The highest BCUT2D eigenvalue weighted by Crippen LogP contribution is 2.26. The zero-order chi connectivity index (χ0) is 18.9. The summed E-state index contributed by atoms with van der Waals surface area (Å²) in [5, 5.41) is 1.85. The molecule has 1 aliphatic rings. The molecule has 0 bridgehead atoms. The third-order valence-electron chi connectivity index (χ3n) is 4.53. The Hall–Kier alpha value is -1.77. The fraction of sp³-hybridized carbons (Fsp3) is 0.444. The molecule has 0 saturated carbocycles. The summed E-state index contributed by atoms with van der Waals surface area (Å²) in [4.78, 5) is 17.2. The molecule has 2 aromatic rings. The van der Waals surface area contributed by atoms with Gasteiger partial charge in [0.2, 0.25) is 10.0 Å². The van der Waals surface area contributed by atoms with Crippen molar-refractivity contribution in [2.75, 3.05) is 13.1 Å². The third kappa shape index (κ3) is 3.97. The summed E-state index contributed by atoms with van der Waals surface area (Å²) in [6.07, 6.45) is 2.87. The average molecular weight is 394 g/mol.